The monoisotopic (exact) mass is 251 g/mol. The van der Waals surface area contributed by atoms with Gasteiger partial charge in [-0.2, -0.15) is 11.3 Å². The minimum Gasteiger partial charge on any atom is -0.314 e. The first kappa shape index (κ1) is 13.1. The van der Waals surface area contributed by atoms with E-state index >= 15 is 0 Å². The second-order valence-electron chi connectivity index (χ2n) is 5.25. The average Bonchev–Trinajstić information content (AvgIpc) is 2.69. The van der Waals surface area contributed by atoms with Crippen LogP contribution in [-0.4, -0.2) is 12.6 Å². The van der Waals surface area contributed by atoms with Crippen molar-refractivity contribution < 1.29 is 0 Å². The van der Waals surface area contributed by atoms with Gasteiger partial charge >= 0.3 is 0 Å². The maximum atomic E-state index is 3.72. The van der Waals surface area contributed by atoms with Gasteiger partial charge in [0.1, 0.15) is 0 Å². The maximum Gasteiger partial charge on any atom is 0.0136 e. The van der Waals surface area contributed by atoms with Crippen molar-refractivity contribution in [3.63, 3.8) is 0 Å². The van der Waals surface area contributed by atoms with Crippen molar-refractivity contribution in [3.8, 4) is 0 Å². The molecule has 1 N–H and O–H groups in total. The normalized spacial score (nSPS) is 20.1. The third-order valence-electron chi connectivity index (χ3n) is 3.97. The Bertz CT molecular complexity index is 286. The van der Waals surface area contributed by atoms with Gasteiger partial charge < -0.3 is 5.32 Å². The van der Waals surface area contributed by atoms with Crippen molar-refractivity contribution >= 4 is 11.3 Å². The number of likely N-dealkylation sites (N-methyl/N-ethyl adjacent to an activating group) is 1. The van der Waals surface area contributed by atoms with E-state index in [4.69, 9.17) is 0 Å². The third kappa shape index (κ3) is 4.11. The van der Waals surface area contributed by atoms with Gasteiger partial charge in [0.05, 0.1) is 0 Å². The molecule has 0 aliphatic heterocycles. The van der Waals surface area contributed by atoms with Crippen LogP contribution in [0.4, 0.5) is 0 Å². The molecular weight excluding hydrogens is 226 g/mol. The predicted molar refractivity (Wildman–Crippen MR) is 76.7 cm³/mol. The Morgan fingerprint density at radius 3 is 2.65 bits per heavy atom. The van der Waals surface area contributed by atoms with Crippen LogP contribution in [-0.2, 0) is 6.42 Å². The van der Waals surface area contributed by atoms with E-state index in [9.17, 15) is 0 Å². The minimum absolute atomic E-state index is 0.702. The minimum atomic E-state index is 0.702. The molecule has 0 amide bonds. The van der Waals surface area contributed by atoms with Gasteiger partial charge in [0.15, 0.2) is 0 Å². The van der Waals surface area contributed by atoms with E-state index in [-0.39, 0.29) is 0 Å². The summed E-state index contributed by atoms with van der Waals surface area (Å²) in [6.07, 6.45) is 9.87. The molecule has 1 nitrogen and oxygen atoms in total. The van der Waals surface area contributed by atoms with Crippen LogP contribution < -0.4 is 5.32 Å². The Labute approximate surface area is 110 Å². The van der Waals surface area contributed by atoms with Crippen LogP contribution in [0, 0.1) is 5.92 Å². The van der Waals surface area contributed by atoms with E-state index in [0.717, 1.165) is 12.5 Å². The number of nitrogens with one attached hydrogen (secondary N) is 1. The first-order chi connectivity index (χ1) is 8.40. The van der Waals surface area contributed by atoms with Gasteiger partial charge in [0, 0.05) is 6.04 Å². The Morgan fingerprint density at radius 1 is 1.29 bits per heavy atom. The molecule has 0 spiro atoms. The van der Waals surface area contributed by atoms with Crippen molar-refractivity contribution in [3.05, 3.63) is 22.4 Å². The first-order valence-electron chi connectivity index (χ1n) is 7.14. The summed E-state index contributed by atoms with van der Waals surface area (Å²) in [6.45, 7) is 3.34. The molecule has 1 heterocycles. The van der Waals surface area contributed by atoms with Crippen LogP contribution >= 0.6 is 11.3 Å². The van der Waals surface area contributed by atoms with Crippen LogP contribution in [0.1, 0.15) is 51.0 Å². The summed E-state index contributed by atoms with van der Waals surface area (Å²) < 4.78 is 0. The van der Waals surface area contributed by atoms with Gasteiger partial charge in [-0.3, -0.25) is 0 Å². The highest BCUT2D eigenvalue weighted by molar-refractivity contribution is 7.07. The fourth-order valence-electron chi connectivity index (χ4n) is 3.04. The molecule has 2 heteroatoms. The fourth-order valence-corrected chi connectivity index (χ4v) is 3.73. The number of rotatable bonds is 5. The molecule has 1 fully saturated rings. The molecule has 1 unspecified atom stereocenters. The van der Waals surface area contributed by atoms with Crippen LogP contribution in [0.2, 0.25) is 0 Å². The third-order valence-corrected chi connectivity index (χ3v) is 4.70. The fraction of sp³-hybridized carbons (Fsp3) is 0.733. The zero-order chi connectivity index (χ0) is 11.9. The standard InChI is InChI=1S/C15H25NS/c1-2-16-15(11-13-9-10-17-12-13)14-7-5-3-4-6-8-14/h9-10,12,14-16H,2-8,11H2,1H3. The molecule has 1 saturated carbocycles. The quantitative estimate of drug-likeness (QED) is 0.772. The molecule has 17 heavy (non-hydrogen) atoms. The molecule has 2 rings (SSSR count). The summed E-state index contributed by atoms with van der Waals surface area (Å²) >= 11 is 1.82. The van der Waals surface area contributed by atoms with E-state index in [1.165, 1.54) is 50.5 Å². The summed E-state index contributed by atoms with van der Waals surface area (Å²) in [5.74, 6) is 0.900. The van der Waals surface area contributed by atoms with Crippen LogP contribution in [0.15, 0.2) is 16.8 Å². The summed E-state index contributed by atoms with van der Waals surface area (Å²) in [5.41, 5.74) is 1.52. The Morgan fingerprint density at radius 2 is 2.06 bits per heavy atom. The van der Waals surface area contributed by atoms with Gasteiger partial charge in [-0.15, -0.1) is 0 Å². The van der Waals surface area contributed by atoms with E-state index in [1.807, 2.05) is 11.3 Å². The summed E-state index contributed by atoms with van der Waals surface area (Å²) in [6, 6.07) is 2.99. The number of hydrogen-bond acceptors (Lipinski definition) is 2. The van der Waals surface area contributed by atoms with Gasteiger partial charge in [0.2, 0.25) is 0 Å². The number of hydrogen-bond donors (Lipinski definition) is 1. The molecule has 1 aliphatic rings. The zero-order valence-corrected chi connectivity index (χ0v) is 11.8. The Balaban J connectivity index is 1.94. The summed E-state index contributed by atoms with van der Waals surface area (Å²) in [4.78, 5) is 0. The molecule has 0 saturated heterocycles. The molecule has 0 aromatic carbocycles. The lowest BCUT2D eigenvalue weighted by atomic mass is 9.88. The lowest BCUT2D eigenvalue weighted by Crippen LogP contribution is -2.37. The Hall–Kier alpha value is -0.340. The first-order valence-corrected chi connectivity index (χ1v) is 8.09. The average molecular weight is 251 g/mol. The van der Waals surface area contributed by atoms with Gasteiger partial charge in [0.25, 0.3) is 0 Å². The van der Waals surface area contributed by atoms with Crippen molar-refractivity contribution in [1.82, 2.24) is 5.32 Å². The van der Waals surface area contributed by atoms with E-state index < -0.39 is 0 Å². The lowest BCUT2D eigenvalue weighted by molar-refractivity contribution is 0.322. The van der Waals surface area contributed by atoms with Crippen LogP contribution in [0.3, 0.4) is 0 Å². The van der Waals surface area contributed by atoms with Crippen molar-refractivity contribution in [1.29, 1.82) is 0 Å². The highest BCUT2D eigenvalue weighted by Gasteiger charge is 2.22. The molecular formula is C15H25NS. The molecule has 96 valence electrons. The highest BCUT2D eigenvalue weighted by Crippen LogP contribution is 2.27. The van der Waals surface area contributed by atoms with E-state index in [0.29, 0.717) is 6.04 Å². The van der Waals surface area contributed by atoms with Crippen LogP contribution in [0.25, 0.3) is 0 Å². The maximum absolute atomic E-state index is 3.72. The lowest BCUT2D eigenvalue weighted by Gasteiger charge is -2.26. The summed E-state index contributed by atoms with van der Waals surface area (Å²) in [5, 5.41) is 8.23. The summed E-state index contributed by atoms with van der Waals surface area (Å²) in [7, 11) is 0. The molecule has 1 aromatic heterocycles. The second-order valence-corrected chi connectivity index (χ2v) is 6.03. The smallest absolute Gasteiger partial charge is 0.0136 e. The van der Waals surface area contributed by atoms with Crippen molar-refractivity contribution in [2.24, 2.45) is 5.92 Å². The Kier molecular flexibility index (Phi) is 5.53. The highest BCUT2D eigenvalue weighted by atomic mass is 32.1. The topological polar surface area (TPSA) is 12.0 Å². The second kappa shape index (κ2) is 7.17. The molecule has 1 aliphatic carbocycles. The van der Waals surface area contributed by atoms with Crippen molar-refractivity contribution in [2.45, 2.75) is 57.9 Å². The van der Waals surface area contributed by atoms with Crippen LogP contribution in [0.5, 0.6) is 0 Å². The zero-order valence-electron chi connectivity index (χ0n) is 11.0. The predicted octanol–water partition coefficient (Wildman–Crippen LogP) is 4.24. The van der Waals surface area contributed by atoms with Gasteiger partial charge in [-0.1, -0.05) is 32.6 Å². The molecule has 0 bridgehead atoms. The molecule has 1 aromatic rings. The largest absolute Gasteiger partial charge is 0.314 e. The van der Waals surface area contributed by atoms with Crippen molar-refractivity contribution in [2.75, 3.05) is 6.54 Å². The van der Waals surface area contributed by atoms with E-state index in [2.05, 4.69) is 29.1 Å². The van der Waals surface area contributed by atoms with Gasteiger partial charge in [-0.25, -0.2) is 0 Å². The number of thiophene rings is 1. The molecule has 0 radical (unpaired) electrons. The SMILES string of the molecule is CCNC(Cc1ccsc1)C1CCCCCC1. The van der Waals surface area contributed by atoms with E-state index in [1.54, 1.807) is 0 Å². The molecule has 1 atom stereocenters. The van der Waals surface area contributed by atoms with Gasteiger partial charge in [-0.05, 0) is 54.1 Å².